The van der Waals surface area contributed by atoms with Gasteiger partial charge in [-0.3, -0.25) is 9.36 Å². The number of thiazole rings is 1. The smallest absolute Gasteiger partial charge is 0.338 e. The van der Waals surface area contributed by atoms with E-state index in [0.717, 1.165) is 10.5 Å². The van der Waals surface area contributed by atoms with Gasteiger partial charge in [-0.15, -0.1) is 11.8 Å². The molecule has 0 saturated heterocycles. The fourth-order valence-corrected chi connectivity index (χ4v) is 5.28. The zero-order valence-electron chi connectivity index (χ0n) is 19.6. The maximum absolute atomic E-state index is 13.6. The van der Waals surface area contributed by atoms with Crippen molar-refractivity contribution in [2.75, 3.05) is 6.26 Å². The van der Waals surface area contributed by atoms with Gasteiger partial charge in [0, 0.05) is 4.90 Å². The quantitative estimate of drug-likeness (QED) is 0.375. The molecule has 1 aliphatic heterocycles. The summed E-state index contributed by atoms with van der Waals surface area (Å²) in [5.41, 5.74) is 2.03. The number of carboxylic acids is 1. The molecule has 0 bridgehead atoms. The number of carbonyl (C=O) groups is 2. The molecule has 1 aliphatic rings. The zero-order chi connectivity index (χ0) is 25.3. The number of carboxylic acid groups (broad SMARTS) is 1. The van der Waals surface area contributed by atoms with Crippen molar-refractivity contribution in [3.05, 3.63) is 96.2 Å². The van der Waals surface area contributed by atoms with Crippen molar-refractivity contribution in [2.45, 2.75) is 37.8 Å². The number of aromatic nitrogens is 1. The van der Waals surface area contributed by atoms with Crippen molar-refractivity contribution in [2.24, 2.45) is 4.99 Å². The van der Waals surface area contributed by atoms with Gasteiger partial charge in [0.1, 0.15) is 0 Å². The number of thioether (sulfide) groups is 1. The van der Waals surface area contributed by atoms with E-state index in [2.05, 4.69) is 4.99 Å². The van der Waals surface area contributed by atoms with Crippen molar-refractivity contribution in [1.29, 1.82) is 0 Å². The summed E-state index contributed by atoms with van der Waals surface area (Å²) < 4.78 is 7.46. The molecule has 0 unspecified atom stereocenters. The largest absolute Gasteiger partial charge is 0.545 e. The third kappa shape index (κ3) is 5.01. The number of hydrogen-bond acceptors (Lipinski definition) is 8. The standard InChI is InChI=1S/C26H24N2O5S2/c1-14(2)33-25(32)21-15(3)27-26-28(22(21)17-9-11-19(34-4)12-10-17)23(29)20(35-26)13-16-5-7-18(8-6-16)24(30)31/h5-14,22H,1-4H3,(H,30,31)/p-1/b20-13+/t22-/m1/s1. The lowest BCUT2D eigenvalue weighted by atomic mass is 9.96. The molecule has 1 aromatic heterocycles. The Morgan fingerprint density at radius 2 is 1.80 bits per heavy atom. The summed E-state index contributed by atoms with van der Waals surface area (Å²) >= 11 is 2.82. The van der Waals surface area contributed by atoms with Crippen LogP contribution in [-0.4, -0.2) is 28.9 Å². The van der Waals surface area contributed by atoms with Crippen LogP contribution in [0.25, 0.3) is 6.08 Å². The van der Waals surface area contributed by atoms with Crippen molar-refractivity contribution in [3.63, 3.8) is 0 Å². The molecule has 35 heavy (non-hydrogen) atoms. The zero-order valence-corrected chi connectivity index (χ0v) is 21.2. The Hall–Kier alpha value is -3.43. The second kappa shape index (κ2) is 10.1. The summed E-state index contributed by atoms with van der Waals surface area (Å²) in [4.78, 5) is 43.8. The number of ether oxygens (including phenoxy) is 1. The van der Waals surface area contributed by atoms with E-state index in [-0.39, 0.29) is 17.2 Å². The van der Waals surface area contributed by atoms with Gasteiger partial charge in [0.2, 0.25) is 0 Å². The van der Waals surface area contributed by atoms with Gasteiger partial charge in [0.05, 0.1) is 33.9 Å². The first-order chi connectivity index (χ1) is 16.7. The minimum absolute atomic E-state index is 0.0567. The molecular formula is C26H23N2O5S2-. The van der Waals surface area contributed by atoms with Gasteiger partial charge >= 0.3 is 5.97 Å². The molecule has 0 radical (unpaired) electrons. The van der Waals surface area contributed by atoms with Gasteiger partial charge in [0.25, 0.3) is 5.56 Å². The van der Waals surface area contributed by atoms with Crippen LogP contribution >= 0.6 is 23.1 Å². The first-order valence-electron chi connectivity index (χ1n) is 10.9. The number of esters is 1. The molecule has 0 amide bonds. The van der Waals surface area contributed by atoms with E-state index in [9.17, 15) is 19.5 Å². The molecule has 0 spiro atoms. The van der Waals surface area contributed by atoms with Gasteiger partial charge in [0.15, 0.2) is 4.80 Å². The number of hydrogen-bond donors (Lipinski definition) is 0. The first-order valence-corrected chi connectivity index (χ1v) is 12.9. The third-order valence-corrected chi connectivity index (χ3v) is 7.19. The average Bonchev–Trinajstić information content (AvgIpc) is 3.12. The van der Waals surface area contributed by atoms with E-state index in [1.165, 1.54) is 28.0 Å². The maximum Gasteiger partial charge on any atom is 0.338 e. The molecule has 2 heterocycles. The number of allylic oxidation sites excluding steroid dienone is 1. The summed E-state index contributed by atoms with van der Waals surface area (Å²) in [6.45, 7) is 5.30. The Balaban J connectivity index is 1.89. The summed E-state index contributed by atoms with van der Waals surface area (Å²) in [5, 5.41) is 11.0. The lowest BCUT2D eigenvalue weighted by molar-refractivity contribution is -0.255. The summed E-state index contributed by atoms with van der Waals surface area (Å²) in [7, 11) is 0. The fourth-order valence-electron chi connectivity index (χ4n) is 3.83. The monoisotopic (exact) mass is 507 g/mol. The molecule has 0 N–H and O–H groups in total. The molecule has 7 nitrogen and oxygen atoms in total. The highest BCUT2D eigenvalue weighted by molar-refractivity contribution is 7.98. The Morgan fingerprint density at radius 3 is 2.37 bits per heavy atom. The number of rotatable bonds is 6. The molecule has 9 heteroatoms. The van der Waals surface area contributed by atoms with Gasteiger partial charge in [-0.2, -0.15) is 0 Å². The molecule has 4 rings (SSSR count). The summed E-state index contributed by atoms with van der Waals surface area (Å²) in [5.74, 6) is -1.77. The van der Waals surface area contributed by atoms with E-state index in [4.69, 9.17) is 4.74 Å². The predicted octanol–water partition coefficient (Wildman–Crippen LogP) is 2.27. The first kappa shape index (κ1) is 24.7. The SMILES string of the molecule is CSc1ccc([C@@H]2C(C(=O)OC(C)C)=C(C)N=c3s/c(=C/c4ccc(C(=O)[O-])cc4)c(=O)n32)cc1. The normalized spacial score (nSPS) is 15.7. The Kier molecular flexibility index (Phi) is 7.09. The molecule has 3 aromatic rings. The van der Waals surface area contributed by atoms with E-state index in [1.807, 2.05) is 30.5 Å². The average molecular weight is 508 g/mol. The van der Waals surface area contributed by atoms with Gasteiger partial charge < -0.3 is 14.6 Å². The lowest BCUT2D eigenvalue weighted by Crippen LogP contribution is -2.40. The van der Waals surface area contributed by atoms with Crippen molar-refractivity contribution in [1.82, 2.24) is 4.57 Å². The molecule has 0 fully saturated rings. The molecule has 0 aliphatic carbocycles. The van der Waals surface area contributed by atoms with Crippen LogP contribution in [-0.2, 0) is 9.53 Å². The lowest BCUT2D eigenvalue weighted by Gasteiger charge is -2.25. The second-order valence-electron chi connectivity index (χ2n) is 8.22. The third-order valence-electron chi connectivity index (χ3n) is 5.46. The predicted molar refractivity (Wildman–Crippen MR) is 134 cm³/mol. The van der Waals surface area contributed by atoms with Crippen LogP contribution in [0.4, 0.5) is 0 Å². The fraction of sp³-hybridized carbons (Fsp3) is 0.231. The van der Waals surface area contributed by atoms with Crippen molar-refractivity contribution < 1.29 is 19.4 Å². The summed E-state index contributed by atoms with van der Waals surface area (Å²) in [6, 6.07) is 13.1. The molecule has 180 valence electrons. The van der Waals surface area contributed by atoms with Crippen molar-refractivity contribution >= 4 is 41.1 Å². The topological polar surface area (TPSA) is 101 Å². The number of fused-ring (bicyclic) bond motifs is 1. The van der Waals surface area contributed by atoms with E-state index < -0.39 is 18.0 Å². The maximum atomic E-state index is 13.6. The van der Waals surface area contributed by atoms with E-state index in [0.29, 0.717) is 26.2 Å². The van der Waals surface area contributed by atoms with Crippen LogP contribution in [0.3, 0.4) is 0 Å². The Bertz CT molecular complexity index is 1500. The van der Waals surface area contributed by atoms with Crippen molar-refractivity contribution in [3.8, 4) is 0 Å². The Labute approximate surface area is 210 Å². The molecule has 1 atom stereocenters. The van der Waals surface area contributed by atoms with Crippen LogP contribution in [0.15, 0.2) is 74.5 Å². The van der Waals surface area contributed by atoms with Gasteiger partial charge in [-0.25, -0.2) is 9.79 Å². The van der Waals surface area contributed by atoms with Crippen LogP contribution in [0.1, 0.15) is 48.3 Å². The minimum Gasteiger partial charge on any atom is -0.545 e. The number of carbonyl (C=O) groups excluding carboxylic acids is 2. The van der Waals surface area contributed by atoms with Crippen LogP contribution in [0.2, 0.25) is 0 Å². The highest BCUT2D eigenvalue weighted by atomic mass is 32.2. The molecule has 2 aromatic carbocycles. The van der Waals surface area contributed by atoms with E-state index >= 15 is 0 Å². The highest BCUT2D eigenvalue weighted by Gasteiger charge is 2.33. The van der Waals surface area contributed by atoms with E-state index in [1.54, 1.807) is 50.7 Å². The minimum atomic E-state index is -1.26. The van der Waals surface area contributed by atoms with Crippen LogP contribution in [0.5, 0.6) is 0 Å². The number of aromatic carboxylic acids is 1. The number of nitrogens with zero attached hydrogens (tertiary/aromatic N) is 2. The summed E-state index contributed by atoms with van der Waals surface area (Å²) in [6.07, 6.45) is 3.34. The van der Waals surface area contributed by atoms with Gasteiger partial charge in [-0.1, -0.05) is 47.7 Å². The Morgan fingerprint density at radius 1 is 1.14 bits per heavy atom. The van der Waals surface area contributed by atoms with Crippen LogP contribution in [0, 0.1) is 0 Å². The number of benzene rings is 2. The molecular weight excluding hydrogens is 484 g/mol. The highest BCUT2D eigenvalue weighted by Crippen LogP contribution is 2.32. The second-order valence-corrected chi connectivity index (χ2v) is 10.1. The molecule has 0 saturated carbocycles. The van der Waals surface area contributed by atoms with Crippen LogP contribution < -0.4 is 20.0 Å². The van der Waals surface area contributed by atoms with Gasteiger partial charge in [-0.05, 0) is 61.9 Å².